The van der Waals surface area contributed by atoms with Gasteiger partial charge in [0.2, 0.25) is 12.6 Å². The summed E-state index contributed by atoms with van der Waals surface area (Å²) in [6, 6.07) is 18.3. The Labute approximate surface area is 211 Å². The predicted molar refractivity (Wildman–Crippen MR) is 131 cm³/mol. The Hall–Kier alpha value is -3.68. The van der Waals surface area contributed by atoms with Gasteiger partial charge in [-0.3, -0.25) is 19.2 Å². The topological polar surface area (TPSA) is 105 Å². The molecular weight excluding hydrogens is 464 g/mol. The van der Waals surface area contributed by atoms with Gasteiger partial charge in [-0.05, 0) is 24.0 Å². The van der Waals surface area contributed by atoms with Crippen LogP contribution in [0.25, 0.3) is 0 Å². The highest BCUT2D eigenvalue weighted by Crippen LogP contribution is 2.10. The fourth-order valence-electron chi connectivity index (χ4n) is 3.41. The van der Waals surface area contributed by atoms with E-state index in [0.29, 0.717) is 12.8 Å². The van der Waals surface area contributed by atoms with Crippen molar-refractivity contribution >= 4 is 23.9 Å². The summed E-state index contributed by atoms with van der Waals surface area (Å²) in [5, 5.41) is 0. The summed E-state index contributed by atoms with van der Waals surface area (Å²) in [6.45, 7) is 3.01. The van der Waals surface area contributed by atoms with Crippen molar-refractivity contribution in [2.75, 3.05) is 0 Å². The lowest BCUT2D eigenvalue weighted by Gasteiger charge is -2.14. The van der Waals surface area contributed by atoms with Gasteiger partial charge in [0.15, 0.2) is 0 Å². The van der Waals surface area contributed by atoms with E-state index in [4.69, 9.17) is 18.9 Å². The zero-order valence-electron chi connectivity index (χ0n) is 20.9. The second kappa shape index (κ2) is 16.1. The van der Waals surface area contributed by atoms with Crippen LogP contribution in [0.2, 0.25) is 0 Å². The number of hydrogen-bond donors (Lipinski definition) is 0. The maximum Gasteiger partial charge on any atom is 0.313 e. The van der Waals surface area contributed by atoms with E-state index < -0.39 is 36.5 Å². The Kier molecular flexibility index (Phi) is 12.8. The maximum atomic E-state index is 11.9. The first-order chi connectivity index (χ1) is 17.3. The molecule has 0 aliphatic heterocycles. The molecule has 0 spiro atoms. The van der Waals surface area contributed by atoms with Crippen molar-refractivity contribution < 1.29 is 38.1 Å². The lowest BCUT2D eigenvalue weighted by Crippen LogP contribution is -2.22. The molecular formula is C28H34O8. The summed E-state index contributed by atoms with van der Waals surface area (Å²) in [4.78, 5) is 47.7. The van der Waals surface area contributed by atoms with Crippen molar-refractivity contribution in [1.29, 1.82) is 0 Å². The Morgan fingerprint density at radius 2 is 0.861 bits per heavy atom. The van der Waals surface area contributed by atoms with Crippen LogP contribution in [0.4, 0.5) is 0 Å². The van der Waals surface area contributed by atoms with Gasteiger partial charge in [0.05, 0.1) is 12.8 Å². The van der Waals surface area contributed by atoms with Crippen LogP contribution in [-0.4, -0.2) is 36.5 Å². The maximum absolute atomic E-state index is 11.9. The highest BCUT2D eigenvalue weighted by molar-refractivity contribution is 5.74. The van der Waals surface area contributed by atoms with E-state index in [-0.39, 0.29) is 25.7 Å². The first-order valence-electron chi connectivity index (χ1n) is 12.2. The summed E-state index contributed by atoms with van der Waals surface area (Å²) >= 11 is 0. The zero-order chi connectivity index (χ0) is 26.2. The minimum atomic E-state index is -0.952. The first kappa shape index (κ1) is 28.6. The Bertz CT molecular complexity index is 879. The number of rotatable bonds is 15. The molecule has 2 aromatic rings. The van der Waals surface area contributed by atoms with Gasteiger partial charge in [0.25, 0.3) is 0 Å². The molecule has 0 bridgehead atoms. The summed E-state index contributed by atoms with van der Waals surface area (Å²) < 4.78 is 20.5. The van der Waals surface area contributed by atoms with Crippen LogP contribution in [0.5, 0.6) is 0 Å². The van der Waals surface area contributed by atoms with Crippen LogP contribution in [0.3, 0.4) is 0 Å². The monoisotopic (exact) mass is 498 g/mol. The lowest BCUT2D eigenvalue weighted by atomic mass is 10.1. The van der Waals surface area contributed by atoms with Crippen LogP contribution < -0.4 is 0 Å². The average molecular weight is 499 g/mol. The van der Waals surface area contributed by atoms with Crippen LogP contribution in [0, 0.1) is 0 Å². The molecule has 0 amide bonds. The predicted octanol–water partition coefficient (Wildman–Crippen LogP) is 4.68. The standard InChI is InChI=1S/C28H34O8/c1-21(35-27(31)19-23-13-7-5-8-14-23)33-25(29)17-11-3-4-12-18-26(30)34-22(2)36-28(32)20-24-15-9-6-10-16-24/h5-10,13-16,21-22H,3-4,11-12,17-20H2,1-2H3. The number of benzene rings is 2. The molecule has 0 aromatic heterocycles. The molecule has 2 unspecified atom stereocenters. The van der Waals surface area contributed by atoms with E-state index in [2.05, 4.69) is 0 Å². The van der Waals surface area contributed by atoms with E-state index in [1.165, 1.54) is 13.8 Å². The van der Waals surface area contributed by atoms with Gasteiger partial charge in [0.1, 0.15) is 0 Å². The third kappa shape index (κ3) is 12.7. The second-order valence-corrected chi connectivity index (χ2v) is 8.33. The molecule has 0 N–H and O–H groups in total. The molecule has 194 valence electrons. The lowest BCUT2D eigenvalue weighted by molar-refractivity contribution is -0.186. The molecule has 0 saturated carbocycles. The Morgan fingerprint density at radius 3 is 1.22 bits per heavy atom. The van der Waals surface area contributed by atoms with E-state index in [0.717, 1.165) is 24.0 Å². The largest absolute Gasteiger partial charge is 0.425 e. The number of unbranched alkanes of at least 4 members (excludes halogenated alkanes) is 3. The second-order valence-electron chi connectivity index (χ2n) is 8.33. The molecule has 2 aromatic carbocycles. The van der Waals surface area contributed by atoms with Crippen molar-refractivity contribution in [3.8, 4) is 0 Å². The van der Waals surface area contributed by atoms with Crippen molar-refractivity contribution in [2.45, 2.75) is 77.8 Å². The molecule has 0 aliphatic rings. The normalized spacial score (nSPS) is 12.2. The highest BCUT2D eigenvalue weighted by atomic mass is 16.7. The van der Waals surface area contributed by atoms with Gasteiger partial charge in [-0.15, -0.1) is 0 Å². The minimum absolute atomic E-state index is 0.111. The van der Waals surface area contributed by atoms with Crippen LogP contribution in [0.15, 0.2) is 60.7 Å². The number of ether oxygens (including phenoxy) is 4. The Balaban J connectivity index is 1.49. The molecule has 8 heteroatoms. The Morgan fingerprint density at radius 1 is 0.528 bits per heavy atom. The van der Waals surface area contributed by atoms with Crippen molar-refractivity contribution in [2.24, 2.45) is 0 Å². The van der Waals surface area contributed by atoms with Crippen molar-refractivity contribution in [3.63, 3.8) is 0 Å². The van der Waals surface area contributed by atoms with Gasteiger partial charge in [0, 0.05) is 26.7 Å². The van der Waals surface area contributed by atoms with Gasteiger partial charge in [-0.25, -0.2) is 0 Å². The summed E-state index contributed by atoms with van der Waals surface area (Å²) in [6.07, 6.45) is 1.34. The molecule has 8 nitrogen and oxygen atoms in total. The van der Waals surface area contributed by atoms with E-state index in [9.17, 15) is 19.2 Å². The molecule has 0 heterocycles. The molecule has 36 heavy (non-hydrogen) atoms. The first-order valence-corrected chi connectivity index (χ1v) is 12.2. The zero-order valence-corrected chi connectivity index (χ0v) is 20.9. The number of esters is 4. The van der Waals surface area contributed by atoms with E-state index in [1.54, 1.807) is 0 Å². The molecule has 0 radical (unpaired) electrons. The molecule has 2 rings (SSSR count). The average Bonchev–Trinajstić information content (AvgIpc) is 2.82. The summed E-state index contributed by atoms with van der Waals surface area (Å²) in [5.74, 6) is -1.82. The smallest absolute Gasteiger partial charge is 0.313 e. The minimum Gasteiger partial charge on any atom is -0.425 e. The van der Waals surface area contributed by atoms with Crippen LogP contribution >= 0.6 is 0 Å². The van der Waals surface area contributed by atoms with Gasteiger partial charge < -0.3 is 18.9 Å². The number of carbonyl (C=O) groups is 4. The molecule has 0 fully saturated rings. The van der Waals surface area contributed by atoms with Gasteiger partial charge in [-0.2, -0.15) is 0 Å². The quantitative estimate of drug-likeness (QED) is 0.198. The van der Waals surface area contributed by atoms with Crippen LogP contribution in [0.1, 0.15) is 63.5 Å². The highest BCUT2D eigenvalue weighted by Gasteiger charge is 2.16. The number of carbonyl (C=O) groups excluding carboxylic acids is 4. The van der Waals surface area contributed by atoms with Crippen LogP contribution in [-0.2, 0) is 51.0 Å². The van der Waals surface area contributed by atoms with Crippen molar-refractivity contribution in [1.82, 2.24) is 0 Å². The SMILES string of the molecule is CC(OC(=O)CCCCCCC(=O)OC(C)OC(=O)Cc1ccccc1)OC(=O)Cc1ccccc1. The molecule has 0 saturated heterocycles. The fourth-order valence-corrected chi connectivity index (χ4v) is 3.41. The van der Waals surface area contributed by atoms with Gasteiger partial charge >= 0.3 is 23.9 Å². The molecule has 2 atom stereocenters. The summed E-state index contributed by atoms with van der Waals surface area (Å²) in [7, 11) is 0. The van der Waals surface area contributed by atoms with Gasteiger partial charge in [-0.1, -0.05) is 73.5 Å². The van der Waals surface area contributed by atoms with Crippen molar-refractivity contribution in [3.05, 3.63) is 71.8 Å². The third-order valence-corrected chi connectivity index (χ3v) is 5.08. The number of hydrogen-bond acceptors (Lipinski definition) is 8. The third-order valence-electron chi connectivity index (χ3n) is 5.08. The summed E-state index contributed by atoms with van der Waals surface area (Å²) in [5.41, 5.74) is 1.65. The van der Waals surface area contributed by atoms with E-state index in [1.807, 2.05) is 60.7 Å². The van der Waals surface area contributed by atoms with E-state index >= 15 is 0 Å². The fraction of sp³-hybridized carbons (Fsp3) is 0.429. The molecule has 0 aliphatic carbocycles.